The zero-order chi connectivity index (χ0) is 19.6. The molecule has 0 amide bonds. The number of hydrogen-bond donors (Lipinski definition) is 2. The highest BCUT2D eigenvalue weighted by Crippen LogP contribution is 2.21. The van der Waals surface area contributed by atoms with Gasteiger partial charge >= 0.3 is 0 Å². The van der Waals surface area contributed by atoms with Crippen LogP contribution in [0.5, 0.6) is 5.75 Å². The highest BCUT2D eigenvalue weighted by molar-refractivity contribution is 5.79. The molecule has 1 unspecified atom stereocenters. The van der Waals surface area contributed by atoms with Gasteiger partial charge in [0.05, 0.1) is 12.8 Å². The Bertz CT molecular complexity index is 707. The van der Waals surface area contributed by atoms with Crippen molar-refractivity contribution in [2.24, 2.45) is 4.99 Å². The number of nitrogens with zero attached hydrogens (tertiary/aromatic N) is 2. The van der Waals surface area contributed by atoms with Crippen molar-refractivity contribution >= 4 is 5.96 Å². The van der Waals surface area contributed by atoms with Crippen LogP contribution in [0.1, 0.15) is 63.0 Å². The molecule has 0 saturated carbocycles. The first-order valence-electron chi connectivity index (χ1n) is 9.65. The Morgan fingerprint density at radius 2 is 1.93 bits per heavy atom. The molecule has 148 valence electrons. The van der Waals surface area contributed by atoms with Gasteiger partial charge in [-0.2, -0.15) is 0 Å². The maximum atomic E-state index is 5.35. The molecule has 2 aromatic rings. The van der Waals surface area contributed by atoms with Crippen molar-refractivity contribution in [3.05, 3.63) is 47.3 Å². The van der Waals surface area contributed by atoms with Crippen LogP contribution in [0.2, 0.25) is 0 Å². The van der Waals surface area contributed by atoms with Gasteiger partial charge in [-0.15, -0.1) is 0 Å². The van der Waals surface area contributed by atoms with E-state index in [9.17, 15) is 0 Å². The van der Waals surface area contributed by atoms with Crippen LogP contribution in [0.4, 0.5) is 0 Å². The Labute approximate surface area is 162 Å². The van der Waals surface area contributed by atoms with Crippen molar-refractivity contribution in [1.29, 1.82) is 0 Å². The summed E-state index contributed by atoms with van der Waals surface area (Å²) in [4.78, 5) is 4.59. The maximum Gasteiger partial charge on any atom is 0.191 e. The first-order chi connectivity index (χ1) is 13.0. The molecule has 0 spiro atoms. The Morgan fingerprint density at radius 1 is 1.19 bits per heavy atom. The quantitative estimate of drug-likeness (QED) is 0.513. The lowest BCUT2D eigenvalue weighted by Crippen LogP contribution is -2.38. The second-order valence-corrected chi connectivity index (χ2v) is 6.96. The van der Waals surface area contributed by atoms with Crippen LogP contribution in [0.15, 0.2) is 39.8 Å². The minimum absolute atomic E-state index is 0.359. The Morgan fingerprint density at radius 3 is 2.52 bits per heavy atom. The molecule has 0 radical (unpaired) electrons. The highest BCUT2D eigenvalue weighted by atomic mass is 16.5. The van der Waals surface area contributed by atoms with Gasteiger partial charge in [-0.1, -0.05) is 38.1 Å². The summed E-state index contributed by atoms with van der Waals surface area (Å²) in [5.41, 5.74) is 2.27. The zero-order valence-electron chi connectivity index (χ0n) is 17.1. The van der Waals surface area contributed by atoms with Crippen LogP contribution >= 0.6 is 0 Å². The van der Waals surface area contributed by atoms with Gasteiger partial charge in [-0.25, -0.2) is 4.99 Å². The zero-order valence-corrected chi connectivity index (χ0v) is 17.1. The van der Waals surface area contributed by atoms with E-state index in [-0.39, 0.29) is 0 Å². The van der Waals surface area contributed by atoms with Gasteiger partial charge < -0.3 is 19.9 Å². The Balaban J connectivity index is 1.85. The van der Waals surface area contributed by atoms with E-state index < -0.39 is 0 Å². The minimum atomic E-state index is 0.359. The van der Waals surface area contributed by atoms with Crippen molar-refractivity contribution in [3.8, 4) is 5.75 Å². The molecular weight excluding hydrogens is 340 g/mol. The third-order valence-corrected chi connectivity index (χ3v) is 4.46. The summed E-state index contributed by atoms with van der Waals surface area (Å²) >= 11 is 0. The molecule has 0 aliphatic heterocycles. The van der Waals surface area contributed by atoms with Crippen LogP contribution in [-0.4, -0.2) is 31.3 Å². The normalized spacial score (nSPS) is 12.9. The number of hydrogen-bond acceptors (Lipinski definition) is 4. The standard InChI is InChI=1S/C21H32N4O2/c1-6-22-21(24-14-19-13-20(15(2)3)25-27-19)23-12-11-16(4)17-7-9-18(26-5)10-8-17/h7-10,13,15-16H,6,11-12,14H2,1-5H3,(H2,22,23,24). The van der Waals surface area contributed by atoms with Crippen molar-refractivity contribution in [2.75, 3.05) is 20.2 Å². The molecule has 0 bridgehead atoms. The molecule has 1 aromatic heterocycles. The van der Waals surface area contributed by atoms with Crippen LogP contribution in [-0.2, 0) is 6.54 Å². The number of rotatable bonds is 9. The highest BCUT2D eigenvalue weighted by Gasteiger charge is 2.09. The predicted octanol–water partition coefficient (Wildman–Crippen LogP) is 4.06. The molecule has 0 saturated heterocycles. The van der Waals surface area contributed by atoms with Crippen molar-refractivity contribution in [2.45, 2.75) is 52.5 Å². The molecule has 2 rings (SSSR count). The number of aliphatic imine (C=N–C) groups is 1. The summed E-state index contributed by atoms with van der Waals surface area (Å²) in [5.74, 6) is 3.27. The summed E-state index contributed by atoms with van der Waals surface area (Å²) in [6.45, 7) is 10.6. The van der Waals surface area contributed by atoms with Crippen molar-refractivity contribution < 1.29 is 9.26 Å². The van der Waals surface area contributed by atoms with Crippen molar-refractivity contribution in [1.82, 2.24) is 15.8 Å². The number of guanidine groups is 1. The number of benzene rings is 1. The Kier molecular flexibility index (Phi) is 8.17. The lowest BCUT2D eigenvalue weighted by molar-refractivity contribution is 0.376. The Hall–Kier alpha value is -2.50. The van der Waals surface area contributed by atoms with E-state index in [4.69, 9.17) is 9.26 Å². The van der Waals surface area contributed by atoms with E-state index >= 15 is 0 Å². The molecule has 2 N–H and O–H groups in total. The molecule has 6 heteroatoms. The predicted molar refractivity (Wildman–Crippen MR) is 109 cm³/mol. The molecule has 1 heterocycles. The molecule has 0 fully saturated rings. The van der Waals surface area contributed by atoms with E-state index in [1.807, 2.05) is 18.2 Å². The SMILES string of the molecule is CCNC(=NCc1cc(C(C)C)no1)NCCC(C)c1ccc(OC)cc1. The second kappa shape index (κ2) is 10.6. The number of methoxy groups -OCH3 is 1. The second-order valence-electron chi connectivity index (χ2n) is 6.96. The fourth-order valence-electron chi connectivity index (χ4n) is 2.68. The first kappa shape index (κ1) is 20.8. The van der Waals surface area contributed by atoms with Crippen LogP contribution < -0.4 is 15.4 Å². The van der Waals surface area contributed by atoms with Gasteiger partial charge in [-0.3, -0.25) is 0 Å². The van der Waals surface area contributed by atoms with Gasteiger partial charge in [-0.05, 0) is 42.9 Å². The summed E-state index contributed by atoms with van der Waals surface area (Å²) in [5, 5.41) is 10.7. The maximum absolute atomic E-state index is 5.35. The van der Waals surface area contributed by atoms with E-state index in [0.717, 1.165) is 42.7 Å². The van der Waals surface area contributed by atoms with Gasteiger partial charge in [0.1, 0.15) is 12.3 Å². The third-order valence-electron chi connectivity index (χ3n) is 4.46. The fourth-order valence-corrected chi connectivity index (χ4v) is 2.68. The summed E-state index contributed by atoms with van der Waals surface area (Å²) in [7, 11) is 1.69. The van der Waals surface area contributed by atoms with Crippen LogP contribution in [0.3, 0.4) is 0 Å². The van der Waals surface area contributed by atoms with Gasteiger partial charge in [0, 0.05) is 19.2 Å². The summed E-state index contributed by atoms with van der Waals surface area (Å²) in [6, 6.07) is 10.2. The van der Waals surface area contributed by atoms with E-state index in [2.05, 4.69) is 60.6 Å². The summed E-state index contributed by atoms with van der Waals surface area (Å²) in [6.07, 6.45) is 1.01. The van der Waals surface area contributed by atoms with Gasteiger partial charge in [0.15, 0.2) is 11.7 Å². The molecule has 6 nitrogen and oxygen atoms in total. The molecule has 0 aliphatic carbocycles. The molecule has 27 heavy (non-hydrogen) atoms. The largest absolute Gasteiger partial charge is 0.497 e. The summed E-state index contributed by atoms with van der Waals surface area (Å²) < 4.78 is 10.6. The average molecular weight is 373 g/mol. The van der Waals surface area contributed by atoms with Gasteiger partial charge in [0.25, 0.3) is 0 Å². The lowest BCUT2D eigenvalue weighted by atomic mass is 9.98. The number of aromatic nitrogens is 1. The first-order valence-corrected chi connectivity index (χ1v) is 9.65. The monoisotopic (exact) mass is 372 g/mol. The molecular formula is C21H32N4O2. The van der Waals surface area contributed by atoms with E-state index in [1.54, 1.807) is 7.11 Å². The van der Waals surface area contributed by atoms with E-state index in [1.165, 1.54) is 5.56 Å². The molecule has 1 atom stereocenters. The fraction of sp³-hybridized carbons (Fsp3) is 0.524. The van der Waals surface area contributed by atoms with E-state index in [0.29, 0.717) is 18.4 Å². The van der Waals surface area contributed by atoms with Crippen LogP contribution in [0.25, 0.3) is 0 Å². The molecule has 0 aliphatic rings. The topological polar surface area (TPSA) is 71.7 Å². The number of ether oxygens (including phenoxy) is 1. The van der Waals surface area contributed by atoms with Gasteiger partial charge in [0.2, 0.25) is 0 Å². The minimum Gasteiger partial charge on any atom is -0.497 e. The van der Waals surface area contributed by atoms with Crippen LogP contribution in [0, 0.1) is 0 Å². The third kappa shape index (κ3) is 6.62. The number of nitrogens with one attached hydrogen (secondary N) is 2. The average Bonchev–Trinajstić information content (AvgIpc) is 3.15. The lowest BCUT2D eigenvalue weighted by Gasteiger charge is -2.15. The smallest absolute Gasteiger partial charge is 0.191 e. The van der Waals surface area contributed by atoms with Crippen molar-refractivity contribution in [3.63, 3.8) is 0 Å². The molecule has 1 aromatic carbocycles.